The fraction of sp³-hybridized carbons (Fsp3) is 0.467. The normalized spacial score (nSPS) is 23.9. The highest BCUT2D eigenvalue weighted by molar-refractivity contribution is 5.47. The van der Waals surface area contributed by atoms with Crippen molar-refractivity contribution in [2.75, 3.05) is 0 Å². The van der Waals surface area contributed by atoms with E-state index in [0.29, 0.717) is 17.6 Å². The third-order valence-corrected chi connectivity index (χ3v) is 3.79. The van der Waals surface area contributed by atoms with Crippen LogP contribution in [0, 0.1) is 6.92 Å². The summed E-state index contributed by atoms with van der Waals surface area (Å²) in [5, 5.41) is 9.80. The van der Waals surface area contributed by atoms with Crippen LogP contribution in [0.3, 0.4) is 0 Å². The van der Waals surface area contributed by atoms with Crippen LogP contribution in [0.2, 0.25) is 0 Å². The van der Waals surface area contributed by atoms with E-state index in [2.05, 4.69) is 26.5 Å². The van der Waals surface area contributed by atoms with Crippen LogP contribution in [-0.2, 0) is 0 Å². The predicted molar refractivity (Wildman–Crippen MR) is 68.0 cm³/mol. The smallest absolute Gasteiger partial charge is 0.118 e. The molecule has 1 heteroatoms. The molecule has 0 aliphatic heterocycles. The zero-order valence-electron chi connectivity index (χ0n) is 10.4. The largest absolute Gasteiger partial charge is 0.508 e. The molecule has 0 radical (unpaired) electrons. The van der Waals surface area contributed by atoms with Gasteiger partial charge in [-0.05, 0) is 55.4 Å². The van der Waals surface area contributed by atoms with Crippen molar-refractivity contribution in [1.29, 1.82) is 0 Å². The van der Waals surface area contributed by atoms with E-state index in [-0.39, 0.29) is 0 Å². The van der Waals surface area contributed by atoms with Gasteiger partial charge in [0.1, 0.15) is 5.75 Å². The summed E-state index contributed by atoms with van der Waals surface area (Å²) >= 11 is 0. The molecule has 0 saturated carbocycles. The molecule has 1 N–H and O–H groups in total. The quantitative estimate of drug-likeness (QED) is 0.695. The highest BCUT2D eigenvalue weighted by Gasteiger charge is 2.26. The summed E-state index contributed by atoms with van der Waals surface area (Å²) in [5.41, 5.74) is 4.89. The first-order chi connectivity index (χ1) is 7.50. The van der Waals surface area contributed by atoms with Gasteiger partial charge in [0.15, 0.2) is 0 Å². The SMILES string of the molecule is C=C(C)[C@@H]1CC[C@H](C)c2cc(O)c(C)cc21. The van der Waals surface area contributed by atoms with Crippen LogP contribution in [0.4, 0.5) is 0 Å². The molecule has 1 aliphatic rings. The predicted octanol–water partition coefficient (Wildman–Crippen LogP) is 4.26. The van der Waals surface area contributed by atoms with Gasteiger partial charge in [0.2, 0.25) is 0 Å². The van der Waals surface area contributed by atoms with Gasteiger partial charge in [0.25, 0.3) is 0 Å². The van der Waals surface area contributed by atoms with Crippen LogP contribution in [0.5, 0.6) is 5.75 Å². The van der Waals surface area contributed by atoms with Gasteiger partial charge in [-0.1, -0.05) is 25.1 Å². The standard InChI is InChI=1S/C15H20O/c1-9(2)12-6-5-10(3)13-8-15(16)11(4)7-14(12)13/h7-8,10,12,16H,1,5-6H2,2-4H3/t10-,12-/m0/s1. The Balaban J connectivity index is 2.57. The number of allylic oxidation sites excluding steroid dienone is 1. The van der Waals surface area contributed by atoms with E-state index in [1.54, 1.807) is 0 Å². The first-order valence-corrected chi connectivity index (χ1v) is 5.99. The van der Waals surface area contributed by atoms with Crippen LogP contribution in [0.25, 0.3) is 0 Å². The van der Waals surface area contributed by atoms with Crippen molar-refractivity contribution >= 4 is 0 Å². The van der Waals surface area contributed by atoms with Crippen molar-refractivity contribution < 1.29 is 5.11 Å². The minimum atomic E-state index is 0.424. The molecule has 2 atom stereocenters. The zero-order chi connectivity index (χ0) is 11.9. The number of phenols is 1. The molecule has 0 amide bonds. The van der Waals surface area contributed by atoms with Crippen LogP contribution >= 0.6 is 0 Å². The monoisotopic (exact) mass is 216 g/mol. The second-order valence-corrected chi connectivity index (χ2v) is 5.14. The summed E-state index contributed by atoms with van der Waals surface area (Å²) in [6.07, 6.45) is 2.38. The molecule has 0 aromatic heterocycles. The Morgan fingerprint density at radius 3 is 2.62 bits per heavy atom. The van der Waals surface area contributed by atoms with Gasteiger partial charge in [-0.3, -0.25) is 0 Å². The number of fused-ring (bicyclic) bond motifs is 1. The van der Waals surface area contributed by atoms with Gasteiger partial charge in [-0.25, -0.2) is 0 Å². The molecule has 0 saturated heterocycles. The number of hydrogen-bond donors (Lipinski definition) is 1. The first kappa shape index (κ1) is 11.3. The van der Waals surface area contributed by atoms with Crippen LogP contribution in [-0.4, -0.2) is 5.11 Å². The Morgan fingerprint density at radius 1 is 1.31 bits per heavy atom. The minimum Gasteiger partial charge on any atom is -0.508 e. The molecular weight excluding hydrogens is 196 g/mol. The van der Waals surface area contributed by atoms with Gasteiger partial charge < -0.3 is 5.11 Å². The molecule has 0 heterocycles. The van der Waals surface area contributed by atoms with Gasteiger partial charge in [0, 0.05) is 5.92 Å². The molecule has 0 spiro atoms. The van der Waals surface area contributed by atoms with E-state index in [0.717, 1.165) is 5.56 Å². The fourth-order valence-electron chi connectivity index (χ4n) is 2.70. The summed E-state index contributed by atoms with van der Waals surface area (Å²) in [6, 6.07) is 4.09. The number of rotatable bonds is 1. The van der Waals surface area contributed by atoms with Crippen LogP contribution < -0.4 is 0 Å². The molecule has 1 aliphatic carbocycles. The maximum absolute atomic E-state index is 9.80. The highest BCUT2D eigenvalue weighted by atomic mass is 16.3. The second-order valence-electron chi connectivity index (χ2n) is 5.14. The maximum Gasteiger partial charge on any atom is 0.118 e. The minimum absolute atomic E-state index is 0.424. The van der Waals surface area contributed by atoms with Crippen molar-refractivity contribution in [2.24, 2.45) is 0 Å². The van der Waals surface area contributed by atoms with Crippen molar-refractivity contribution in [3.05, 3.63) is 41.0 Å². The van der Waals surface area contributed by atoms with Gasteiger partial charge in [-0.15, -0.1) is 0 Å². The average Bonchev–Trinajstić information content (AvgIpc) is 2.21. The van der Waals surface area contributed by atoms with Crippen molar-refractivity contribution in [3.8, 4) is 5.75 Å². The topological polar surface area (TPSA) is 20.2 Å². The summed E-state index contributed by atoms with van der Waals surface area (Å²) in [4.78, 5) is 0. The lowest BCUT2D eigenvalue weighted by molar-refractivity contribution is 0.464. The van der Waals surface area contributed by atoms with Crippen molar-refractivity contribution in [3.63, 3.8) is 0 Å². The Labute approximate surface area is 97.8 Å². The van der Waals surface area contributed by atoms with E-state index >= 15 is 0 Å². The Bertz CT molecular complexity index is 431. The summed E-state index contributed by atoms with van der Waals surface area (Å²) in [5.74, 6) is 1.45. The molecule has 0 fully saturated rings. The lowest BCUT2D eigenvalue weighted by Crippen LogP contribution is -2.13. The fourth-order valence-corrected chi connectivity index (χ4v) is 2.70. The molecular formula is C15H20O. The summed E-state index contributed by atoms with van der Waals surface area (Å²) < 4.78 is 0. The van der Waals surface area contributed by atoms with Crippen LogP contribution in [0.15, 0.2) is 24.3 Å². The Morgan fingerprint density at radius 2 is 2.00 bits per heavy atom. The van der Waals surface area contributed by atoms with Gasteiger partial charge >= 0.3 is 0 Å². The molecule has 86 valence electrons. The van der Waals surface area contributed by atoms with E-state index < -0.39 is 0 Å². The number of hydrogen-bond acceptors (Lipinski definition) is 1. The Hall–Kier alpha value is -1.24. The number of aryl methyl sites for hydroxylation is 1. The van der Waals surface area contributed by atoms with Gasteiger partial charge in [0.05, 0.1) is 0 Å². The maximum atomic E-state index is 9.80. The molecule has 16 heavy (non-hydrogen) atoms. The third-order valence-electron chi connectivity index (χ3n) is 3.79. The zero-order valence-corrected chi connectivity index (χ0v) is 10.4. The summed E-state index contributed by atoms with van der Waals surface area (Å²) in [7, 11) is 0. The number of phenolic OH excluding ortho intramolecular Hbond substituents is 1. The van der Waals surface area contributed by atoms with Crippen molar-refractivity contribution in [2.45, 2.75) is 45.4 Å². The van der Waals surface area contributed by atoms with Crippen LogP contribution in [0.1, 0.15) is 55.2 Å². The molecule has 2 rings (SSSR count). The number of aromatic hydroxyl groups is 1. The molecule has 1 nitrogen and oxygen atoms in total. The highest BCUT2D eigenvalue weighted by Crippen LogP contribution is 2.43. The molecule has 0 unspecified atom stereocenters. The van der Waals surface area contributed by atoms with Gasteiger partial charge in [-0.2, -0.15) is 0 Å². The number of benzene rings is 1. The van der Waals surface area contributed by atoms with E-state index in [9.17, 15) is 5.11 Å². The first-order valence-electron chi connectivity index (χ1n) is 5.99. The lowest BCUT2D eigenvalue weighted by atomic mass is 9.74. The van der Waals surface area contributed by atoms with E-state index in [4.69, 9.17) is 0 Å². The molecule has 1 aromatic rings. The Kier molecular flexibility index (Phi) is 2.79. The van der Waals surface area contributed by atoms with E-state index in [1.807, 2.05) is 13.0 Å². The molecule has 1 aromatic carbocycles. The van der Waals surface area contributed by atoms with Crippen molar-refractivity contribution in [1.82, 2.24) is 0 Å². The summed E-state index contributed by atoms with van der Waals surface area (Å²) in [6.45, 7) is 10.4. The van der Waals surface area contributed by atoms with E-state index in [1.165, 1.54) is 29.5 Å². The lowest BCUT2D eigenvalue weighted by Gasteiger charge is -2.30. The molecule has 0 bridgehead atoms. The average molecular weight is 216 g/mol. The second kappa shape index (κ2) is 3.97. The third kappa shape index (κ3) is 1.75.